The molecular formula is C18H21NO8. The molecule has 1 aliphatic heterocycles. The van der Waals surface area contributed by atoms with Gasteiger partial charge in [0.1, 0.15) is 34.3 Å². The number of fused-ring (bicyclic) bond motifs is 2. The van der Waals surface area contributed by atoms with Crippen LogP contribution in [0.2, 0.25) is 0 Å². The molecule has 1 amide bonds. The smallest absolute Gasteiger partial charge is 0.407 e. The van der Waals surface area contributed by atoms with E-state index in [1.54, 1.807) is 13.8 Å². The standard InChI is InChI=1S/C18H21NO8/c1-18(2,24)14-6-10-12(27-14)7-13-15(16(10)22)11(21)5-9(26-13)8-25-17(23)19-3-4-20/h5,7,14,20,22,24H,3-4,6,8H2,1-2H3,(H,19,23). The Bertz CT molecular complexity index is 928. The molecule has 1 aromatic carbocycles. The lowest BCUT2D eigenvalue weighted by Gasteiger charge is -2.24. The average Bonchev–Trinajstić information content (AvgIpc) is 3.02. The van der Waals surface area contributed by atoms with E-state index in [-0.39, 0.29) is 48.7 Å². The third-order valence-corrected chi connectivity index (χ3v) is 4.28. The zero-order chi connectivity index (χ0) is 19.8. The Labute approximate surface area is 154 Å². The topological polar surface area (TPSA) is 138 Å². The minimum atomic E-state index is -1.13. The first-order chi connectivity index (χ1) is 12.7. The second-order valence-corrected chi connectivity index (χ2v) is 6.84. The Morgan fingerprint density at radius 3 is 2.81 bits per heavy atom. The number of hydrogen-bond donors (Lipinski definition) is 4. The SMILES string of the molecule is CC(C)(O)C1Cc2c(cc3oc(COC(=O)NCCO)cc(=O)c3c2O)O1. The van der Waals surface area contributed by atoms with Gasteiger partial charge in [0.25, 0.3) is 0 Å². The number of phenolic OH excluding ortho intramolecular Hbond substituents is 1. The first-order valence-corrected chi connectivity index (χ1v) is 8.42. The summed E-state index contributed by atoms with van der Waals surface area (Å²) in [5, 5.41) is 31.6. The molecule has 4 N–H and O–H groups in total. The summed E-state index contributed by atoms with van der Waals surface area (Å²) >= 11 is 0. The maximum absolute atomic E-state index is 12.4. The highest BCUT2D eigenvalue weighted by Gasteiger charge is 2.37. The molecule has 3 rings (SSSR count). The van der Waals surface area contributed by atoms with E-state index in [9.17, 15) is 19.8 Å². The Hall–Kier alpha value is -2.78. The fourth-order valence-electron chi connectivity index (χ4n) is 2.86. The van der Waals surface area contributed by atoms with Crippen molar-refractivity contribution in [2.75, 3.05) is 13.2 Å². The van der Waals surface area contributed by atoms with E-state index in [2.05, 4.69) is 5.32 Å². The number of nitrogens with one attached hydrogen (secondary N) is 1. The molecule has 0 saturated heterocycles. The van der Waals surface area contributed by atoms with Crippen LogP contribution in [0.4, 0.5) is 4.79 Å². The van der Waals surface area contributed by atoms with Crippen molar-refractivity contribution in [2.45, 2.75) is 38.6 Å². The van der Waals surface area contributed by atoms with Crippen molar-refractivity contribution in [3.05, 3.63) is 33.7 Å². The summed E-state index contributed by atoms with van der Waals surface area (Å²) in [6, 6.07) is 2.61. The van der Waals surface area contributed by atoms with Gasteiger partial charge in [0.05, 0.1) is 12.2 Å². The molecule has 9 heteroatoms. The van der Waals surface area contributed by atoms with Crippen LogP contribution in [0.15, 0.2) is 21.3 Å². The Morgan fingerprint density at radius 2 is 2.15 bits per heavy atom. The largest absolute Gasteiger partial charge is 0.507 e. The van der Waals surface area contributed by atoms with E-state index >= 15 is 0 Å². The molecule has 1 unspecified atom stereocenters. The molecule has 0 spiro atoms. The number of amides is 1. The molecule has 27 heavy (non-hydrogen) atoms. The van der Waals surface area contributed by atoms with Gasteiger partial charge in [0.2, 0.25) is 0 Å². The number of benzene rings is 1. The molecule has 0 saturated carbocycles. The molecule has 2 heterocycles. The van der Waals surface area contributed by atoms with Crippen LogP contribution in [-0.4, -0.2) is 46.3 Å². The van der Waals surface area contributed by atoms with Crippen molar-refractivity contribution in [1.82, 2.24) is 5.32 Å². The van der Waals surface area contributed by atoms with Crippen LogP contribution in [0.5, 0.6) is 11.5 Å². The lowest BCUT2D eigenvalue weighted by Crippen LogP contribution is -2.39. The summed E-state index contributed by atoms with van der Waals surface area (Å²) in [6.45, 7) is 2.71. The molecule has 0 bridgehead atoms. The molecular weight excluding hydrogens is 358 g/mol. The van der Waals surface area contributed by atoms with Gasteiger partial charge >= 0.3 is 6.09 Å². The summed E-state index contributed by atoms with van der Waals surface area (Å²) in [5.74, 6) is 0.174. The number of carbonyl (C=O) groups is 1. The van der Waals surface area contributed by atoms with E-state index in [0.717, 1.165) is 6.07 Å². The van der Waals surface area contributed by atoms with Crippen LogP contribution in [-0.2, 0) is 17.8 Å². The fourth-order valence-corrected chi connectivity index (χ4v) is 2.86. The molecule has 0 aliphatic carbocycles. The lowest BCUT2D eigenvalue weighted by atomic mass is 9.96. The summed E-state index contributed by atoms with van der Waals surface area (Å²) < 4.78 is 16.2. The van der Waals surface area contributed by atoms with Crippen LogP contribution in [0.25, 0.3) is 11.0 Å². The monoisotopic (exact) mass is 379 g/mol. The molecule has 9 nitrogen and oxygen atoms in total. The molecule has 1 aromatic heterocycles. The van der Waals surface area contributed by atoms with E-state index in [0.29, 0.717) is 11.3 Å². The van der Waals surface area contributed by atoms with Crippen LogP contribution >= 0.6 is 0 Å². The Kier molecular flexibility index (Phi) is 4.99. The van der Waals surface area contributed by atoms with Gasteiger partial charge in [-0.25, -0.2) is 4.79 Å². The van der Waals surface area contributed by atoms with E-state index in [1.807, 2.05) is 0 Å². The fraction of sp³-hybridized carbons (Fsp3) is 0.444. The maximum Gasteiger partial charge on any atom is 0.407 e. The number of alkyl carbamates (subject to hydrolysis) is 1. The predicted octanol–water partition coefficient (Wildman–Crippen LogP) is 0.791. The van der Waals surface area contributed by atoms with Gasteiger partial charge in [-0.15, -0.1) is 0 Å². The number of hydrogen-bond acceptors (Lipinski definition) is 8. The summed E-state index contributed by atoms with van der Waals surface area (Å²) in [7, 11) is 0. The zero-order valence-electron chi connectivity index (χ0n) is 14.9. The second-order valence-electron chi connectivity index (χ2n) is 6.84. The highest BCUT2D eigenvalue weighted by molar-refractivity contribution is 5.87. The van der Waals surface area contributed by atoms with Gasteiger partial charge in [-0.05, 0) is 13.8 Å². The predicted molar refractivity (Wildman–Crippen MR) is 93.8 cm³/mol. The lowest BCUT2D eigenvalue weighted by molar-refractivity contribution is -0.0229. The van der Waals surface area contributed by atoms with Crippen molar-refractivity contribution < 1.29 is 34.0 Å². The number of ether oxygens (including phenoxy) is 2. The minimum Gasteiger partial charge on any atom is -0.507 e. The number of carbonyl (C=O) groups excluding carboxylic acids is 1. The van der Waals surface area contributed by atoms with Gasteiger partial charge in [0.15, 0.2) is 12.0 Å². The molecule has 146 valence electrons. The van der Waals surface area contributed by atoms with Gasteiger partial charge < -0.3 is 34.5 Å². The Balaban J connectivity index is 1.90. The van der Waals surface area contributed by atoms with Crippen molar-refractivity contribution in [1.29, 1.82) is 0 Å². The van der Waals surface area contributed by atoms with Crippen LogP contribution in [0.1, 0.15) is 25.2 Å². The Morgan fingerprint density at radius 1 is 1.41 bits per heavy atom. The third kappa shape index (κ3) is 3.83. The molecule has 2 aromatic rings. The highest BCUT2D eigenvalue weighted by atomic mass is 16.6. The number of aromatic hydroxyl groups is 1. The second kappa shape index (κ2) is 7.09. The normalized spacial score (nSPS) is 16.1. The zero-order valence-corrected chi connectivity index (χ0v) is 14.9. The first-order valence-electron chi connectivity index (χ1n) is 8.42. The molecule has 1 atom stereocenters. The summed E-state index contributed by atoms with van der Waals surface area (Å²) in [6.07, 6.45) is -1.07. The molecule has 1 aliphatic rings. The number of rotatable bonds is 5. The van der Waals surface area contributed by atoms with Crippen molar-refractivity contribution in [3.8, 4) is 11.5 Å². The number of phenols is 1. The average molecular weight is 379 g/mol. The van der Waals surface area contributed by atoms with Gasteiger partial charge in [-0.1, -0.05) is 0 Å². The van der Waals surface area contributed by atoms with Gasteiger partial charge in [-0.3, -0.25) is 4.79 Å². The van der Waals surface area contributed by atoms with Crippen LogP contribution < -0.4 is 15.5 Å². The molecule has 0 fully saturated rings. The highest BCUT2D eigenvalue weighted by Crippen LogP contribution is 2.42. The van der Waals surface area contributed by atoms with E-state index < -0.39 is 23.2 Å². The van der Waals surface area contributed by atoms with E-state index in [1.165, 1.54) is 6.07 Å². The van der Waals surface area contributed by atoms with Crippen molar-refractivity contribution >= 4 is 17.1 Å². The van der Waals surface area contributed by atoms with Crippen LogP contribution in [0.3, 0.4) is 0 Å². The number of aliphatic hydroxyl groups excluding tert-OH is 1. The van der Waals surface area contributed by atoms with Crippen molar-refractivity contribution in [2.24, 2.45) is 0 Å². The van der Waals surface area contributed by atoms with Crippen molar-refractivity contribution in [3.63, 3.8) is 0 Å². The number of aliphatic hydroxyl groups is 2. The van der Waals surface area contributed by atoms with Gasteiger partial charge in [0, 0.05) is 30.7 Å². The quantitative estimate of drug-likeness (QED) is 0.598. The van der Waals surface area contributed by atoms with Crippen LogP contribution in [0, 0.1) is 0 Å². The van der Waals surface area contributed by atoms with E-state index in [4.69, 9.17) is 19.0 Å². The summed E-state index contributed by atoms with van der Waals surface area (Å²) in [5.41, 5.74) is -1.09. The minimum absolute atomic E-state index is 0.00206. The van der Waals surface area contributed by atoms with Gasteiger partial charge in [-0.2, -0.15) is 0 Å². The first kappa shape index (κ1) is 19.0. The summed E-state index contributed by atoms with van der Waals surface area (Å²) in [4.78, 5) is 23.8. The third-order valence-electron chi connectivity index (χ3n) is 4.28. The molecule has 0 radical (unpaired) electrons. The maximum atomic E-state index is 12.4.